The van der Waals surface area contributed by atoms with Gasteiger partial charge in [0.25, 0.3) is 0 Å². The average Bonchev–Trinajstić information content (AvgIpc) is 2.23. The van der Waals surface area contributed by atoms with Crippen LogP contribution in [-0.4, -0.2) is 36.5 Å². The molecule has 4 nitrogen and oxygen atoms in total. The maximum Gasteiger partial charge on any atom is 0.328 e. The Morgan fingerprint density at radius 1 is 1.38 bits per heavy atom. The summed E-state index contributed by atoms with van der Waals surface area (Å²) in [6, 6.07) is -0.512. The van der Waals surface area contributed by atoms with E-state index in [1.807, 2.05) is 6.26 Å². The molecule has 1 atom stereocenters. The smallest absolute Gasteiger partial charge is 0.328 e. The first-order valence-corrected chi connectivity index (χ1v) is 6.88. The fourth-order valence-corrected chi connectivity index (χ4v) is 1.54. The molecule has 16 heavy (non-hydrogen) atoms. The minimum absolute atomic E-state index is 0.112. The maximum atomic E-state index is 11.6. The first-order valence-electron chi connectivity index (χ1n) is 5.48. The molecule has 0 aromatic heterocycles. The zero-order valence-electron chi connectivity index (χ0n) is 10.4. The van der Waals surface area contributed by atoms with Crippen LogP contribution in [0.1, 0.15) is 27.2 Å². The van der Waals surface area contributed by atoms with Gasteiger partial charge in [-0.15, -0.1) is 0 Å². The second kappa shape index (κ2) is 8.44. The van der Waals surface area contributed by atoms with Crippen LogP contribution in [0.2, 0.25) is 0 Å². The van der Waals surface area contributed by atoms with Gasteiger partial charge < -0.3 is 10.1 Å². The minimum Gasteiger partial charge on any atom is -0.464 e. The first kappa shape index (κ1) is 15.3. The highest BCUT2D eigenvalue weighted by atomic mass is 32.2. The predicted octanol–water partition coefficient (Wildman–Crippen LogP) is 1.44. The SMILES string of the molecule is CCOC(=O)C(CCSC)NC(=O)C(C)C. The number of hydrogen-bond donors (Lipinski definition) is 1. The molecule has 0 fully saturated rings. The van der Waals surface area contributed by atoms with Crippen LogP contribution in [-0.2, 0) is 14.3 Å². The fraction of sp³-hybridized carbons (Fsp3) is 0.818. The molecular weight excluding hydrogens is 226 g/mol. The lowest BCUT2D eigenvalue weighted by molar-refractivity contribution is -0.147. The van der Waals surface area contributed by atoms with Crippen molar-refractivity contribution in [1.29, 1.82) is 0 Å². The Labute approximate surface area is 101 Å². The summed E-state index contributed by atoms with van der Waals surface area (Å²) < 4.78 is 4.92. The number of esters is 1. The molecule has 0 radical (unpaired) electrons. The molecule has 0 aliphatic heterocycles. The third-order valence-corrected chi connectivity index (χ3v) is 2.67. The van der Waals surface area contributed by atoms with E-state index < -0.39 is 6.04 Å². The molecule has 1 N–H and O–H groups in total. The van der Waals surface area contributed by atoms with E-state index in [1.54, 1.807) is 32.5 Å². The van der Waals surface area contributed by atoms with Crippen LogP contribution in [0.15, 0.2) is 0 Å². The van der Waals surface area contributed by atoms with Crippen molar-refractivity contribution in [3.63, 3.8) is 0 Å². The Kier molecular flexibility index (Phi) is 8.07. The van der Waals surface area contributed by atoms with E-state index in [4.69, 9.17) is 4.74 Å². The molecule has 1 unspecified atom stereocenters. The average molecular weight is 247 g/mol. The van der Waals surface area contributed by atoms with E-state index in [1.165, 1.54) is 0 Å². The lowest BCUT2D eigenvalue weighted by atomic mass is 10.1. The van der Waals surface area contributed by atoms with Crippen molar-refractivity contribution < 1.29 is 14.3 Å². The monoisotopic (exact) mass is 247 g/mol. The van der Waals surface area contributed by atoms with Gasteiger partial charge in [-0.2, -0.15) is 11.8 Å². The summed E-state index contributed by atoms with van der Waals surface area (Å²) in [5.41, 5.74) is 0. The summed E-state index contributed by atoms with van der Waals surface area (Å²) in [5.74, 6) is 0.248. The number of carbonyl (C=O) groups is 2. The molecule has 0 saturated carbocycles. The van der Waals surface area contributed by atoms with Gasteiger partial charge in [0.1, 0.15) is 6.04 Å². The van der Waals surface area contributed by atoms with Crippen LogP contribution in [0.4, 0.5) is 0 Å². The second-order valence-corrected chi connectivity index (χ2v) is 4.73. The summed E-state index contributed by atoms with van der Waals surface area (Å²) in [4.78, 5) is 23.1. The van der Waals surface area contributed by atoms with Crippen molar-refractivity contribution in [2.24, 2.45) is 5.92 Å². The summed E-state index contributed by atoms with van der Waals surface area (Å²) in [7, 11) is 0. The molecule has 0 aromatic rings. The predicted molar refractivity (Wildman–Crippen MR) is 66.4 cm³/mol. The van der Waals surface area contributed by atoms with E-state index >= 15 is 0 Å². The number of hydrogen-bond acceptors (Lipinski definition) is 4. The molecule has 0 aliphatic rings. The number of thioether (sulfide) groups is 1. The van der Waals surface area contributed by atoms with Crippen LogP contribution in [0.25, 0.3) is 0 Å². The highest BCUT2D eigenvalue weighted by molar-refractivity contribution is 7.98. The van der Waals surface area contributed by atoms with Crippen LogP contribution in [0.3, 0.4) is 0 Å². The zero-order valence-corrected chi connectivity index (χ0v) is 11.2. The van der Waals surface area contributed by atoms with Gasteiger partial charge in [0.05, 0.1) is 6.61 Å². The quantitative estimate of drug-likeness (QED) is 0.692. The van der Waals surface area contributed by atoms with Crippen LogP contribution in [0, 0.1) is 5.92 Å². The normalized spacial score (nSPS) is 12.3. The molecule has 94 valence electrons. The Bertz CT molecular complexity index is 231. The van der Waals surface area contributed by atoms with Crippen molar-refractivity contribution in [2.45, 2.75) is 33.2 Å². The van der Waals surface area contributed by atoms with Crippen molar-refractivity contribution >= 4 is 23.6 Å². The third-order valence-electron chi connectivity index (χ3n) is 2.02. The van der Waals surface area contributed by atoms with Crippen molar-refractivity contribution in [1.82, 2.24) is 5.32 Å². The van der Waals surface area contributed by atoms with Crippen molar-refractivity contribution in [3.8, 4) is 0 Å². The van der Waals surface area contributed by atoms with Crippen LogP contribution >= 0.6 is 11.8 Å². The van der Waals surface area contributed by atoms with E-state index in [0.29, 0.717) is 13.0 Å². The Balaban J connectivity index is 4.30. The zero-order chi connectivity index (χ0) is 12.6. The Morgan fingerprint density at radius 3 is 2.44 bits per heavy atom. The maximum absolute atomic E-state index is 11.6. The number of nitrogens with one attached hydrogen (secondary N) is 1. The van der Waals surface area contributed by atoms with Crippen molar-refractivity contribution in [3.05, 3.63) is 0 Å². The molecule has 0 saturated heterocycles. The number of rotatable bonds is 7. The van der Waals surface area contributed by atoms with Crippen molar-refractivity contribution in [2.75, 3.05) is 18.6 Å². The fourth-order valence-electron chi connectivity index (χ4n) is 1.07. The summed E-state index contributed by atoms with van der Waals surface area (Å²) in [6.07, 6.45) is 2.57. The molecule has 0 rings (SSSR count). The van der Waals surface area contributed by atoms with Gasteiger partial charge in [-0.3, -0.25) is 4.79 Å². The number of amides is 1. The van der Waals surface area contributed by atoms with Gasteiger partial charge in [-0.05, 0) is 25.4 Å². The largest absolute Gasteiger partial charge is 0.464 e. The molecule has 0 bridgehead atoms. The van der Waals surface area contributed by atoms with Crippen LogP contribution in [0.5, 0.6) is 0 Å². The molecule has 1 amide bonds. The molecule has 5 heteroatoms. The standard InChI is InChI=1S/C11H21NO3S/c1-5-15-11(14)9(6-7-16-4)12-10(13)8(2)3/h8-9H,5-7H2,1-4H3,(H,12,13). The van der Waals surface area contributed by atoms with Gasteiger partial charge in [0.2, 0.25) is 5.91 Å². The highest BCUT2D eigenvalue weighted by Gasteiger charge is 2.22. The molecule has 0 heterocycles. The van der Waals surface area contributed by atoms with E-state index in [2.05, 4.69) is 5.32 Å². The molecule has 0 aliphatic carbocycles. The lowest BCUT2D eigenvalue weighted by Gasteiger charge is -2.18. The second-order valence-electron chi connectivity index (χ2n) is 3.75. The van der Waals surface area contributed by atoms with Gasteiger partial charge in [-0.25, -0.2) is 4.79 Å². The van der Waals surface area contributed by atoms with E-state index in [-0.39, 0.29) is 17.8 Å². The number of ether oxygens (including phenoxy) is 1. The molecule has 0 spiro atoms. The lowest BCUT2D eigenvalue weighted by Crippen LogP contribution is -2.43. The third kappa shape index (κ3) is 6.00. The highest BCUT2D eigenvalue weighted by Crippen LogP contribution is 2.04. The van der Waals surface area contributed by atoms with E-state index in [0.717, 1.165) is 5.75 Å². The minimum atomic E-state index is -0.512. The van der Waals surface area contributed by atoms with Gasteiger partial charge in [0, 0.05) is 5.92 Å². The molecule has 0 aromatic carbocycles. The van der Waals surface area contributed by atoms with Gasteiger partial charge >= 0.3 is 5.97 Å². The molecular formula is C11H21NO3S. The Morgan fingerprint density at radius 2 is 2.00 bits per heavy atom. The van der Waals surface area contributed by atoms with Gasteiger partial charge in [0.15, 0.2) is 0 Å². The first-order chi connectivity index (χ1) is 7.52. The number of carbonyl (C=O) groups excluding carboxylic acids is 2. The Hall–Kier alpha value is -0.710. The summed E-state index contributed by atoms with van der Waals surface area (Å²) in [5, 5.41) is 2.71. The topological polar surface area (TPSA) is 55.4 Å². The van der Waals surface area contributed by atoms with Crippen LogP contribution < -0.4 is 5.32 Å². The van der Waals surface area contributed by atoms with Gasteiger partial charge in [-0.1, -0.05) is 13.8 Å². The summed E-state index contributed by atoms with van der Waals surface area (Å²) in [6.45, 7) is 5.69. The van der Waals surface area contributed by atoms with E-state index in [9.17, 15) is 9.59 Å². The summed E-state index contributed by atoms with van der Waals surface area (Å²) >= 11 is 1.64.